The molecule has 0 spiro atoms. The van der Waals surface area contributed by atoms with Crippen LogP contribution in [0.5, 0.6) is 0 Å². The van der Waals surface area contributed by atoms with Crippen molar-refractivity contribution in [2.45, 2.75) is 13.5 Å². The molecule has 1 N–H and O–H groups in total. The Morgan fingerprint density at radius 1 is 1.62 bits per heavy atom. The van der Waals surface area contributed by atoms with Crippen molar-refractivity contribution in [3.05, 3.63) is 23.2 Å². The highest BCUT2D eigenvalue weighted by molar-refractivity contribution is 9.11. The standard InChI is InChI=1S/C10H14BrN5/c1-3-16-5-8(4-12-16)13-10-7-15(2)6-9(11)14-10/h4-6H,3,7H2,1-2H3,(H,13,14). The topological polar surface area (TPSA) is 45.5 Å². The summed E-state index contributed by atoms with van der Waals surface area (Å²) in [6.07, 6.45) is 5.68. The number of aliphatic imine (C=N–C) groups is 1. The van der Waals surface area contributed by atoms with Crippen LogP contribution in [0.3, 0.4) is 0 Å². The van der Waals surface area contributed by atoms with Gasteiger partial charge in [-0.2, -0.15) is 5.10 Å². The van der Waals surface area contributed by atoms with Gasteiger partial charge < -0.3 is 10.2 Å². The van der Waals surface area contributed by atoms with Gasteiger partial charge in [0.05, 0.1) is 23.5 Å². The fraction of sp³-hybridized carbons (Fsp3) is 0.400. The van der Waals surface area contributed by atoms with Gasteiger partial charge in [0.1, 0.15) is 11.5 Å². The van der Waals surface area contributed by atoms with Crippen molar-refractivity contribution >= 4 is 27.5 Å². The zero-order valence-electron chi connectivity index (χ0n) is 9.31. The molecule has 0 fully saturated rings. The van der Waals surface area contributed by atoms with Gasteiger partial charge in [0.25, 0.3) is 0 Å². The van der Waals surface area contributed by atoms with Crippen molar-refractivity contribution in [2.24, 2.45) is 4.99 Å². The summed E-state index contributed by atoms with van der Waals surface area (Å²) in [6.45, 7) is 3.68. The number of rotatable bonds is 2. The Bertz CT molecular complexity index is 434. The second kappa shape index (κ2) is 4.69. The molecule has 86 valence electrons. The molecule has 1 aromatic rings. The van der Waals surface area contributed by atoms with Crippen LogP contribution in [0.4, 0.5) is 5.69 Å². The third-order valence-electron chi connectivity index (χ3n) is 2.20. The molecule has 1 aliphatic rings. The third-order valence-corrected chi connectivity index (χ3v) is 2.61. The monoisotopic (exact) mass is 283 g/mol. The van der Waals surface area contributed by atoms with Crippen LogP contribution in [0, 0.1) is 0 Å². The van der Waals surface area contributed by atoms with Gasteiger partial charge in [0.2, 0.25) is 0 Å². The minimum absolute atomic E-state index is 0.770. The van der Waals surface area contributed by atoms with Crippen molar-refractivity contribution in [1.29, 1.82) is 0 Å². The van der Waals surface area contributed by atoms with Gasteiger partial charge in [-0.25, -0.2) is 4.99 Å². The molecule has 0 saturated carbocycles. The molecule has 1 aromatic heterocycles. The van der Waals surface area contributed by atoms with E-state index in [9.17, 15) is 0 Å². The third kappa shape index (κ3) is 2.63. The summed E-state index contributed by atoms with van der Waals surface area (Å²) in [5.41, 5.74) is 0.875. The van der Waals surface area contributed by atoms with Gasteiger partial charge in [-0.3, -0.25) is 4.68 Å². The van der Waals surface area contributed by atoms with Crippen LogP contribution < -0.4 is 5.32 Å². The highest BCUT2D eigenvalue weighted by Gasteiger charge is 2.10. The molecule has 6 heteroatoms. The Hall–Kier alpha value is -1.30. The number of nitrogens with zero attached hydrogens (tertiary/aromatic N) is 4. The summed E-state index contributed by atoms with van der Waals surface area (Å²) >= 11 is 3.41. The van der Waals surface area contributed by atoms with Gasteiger partial charge in [-0.1, -0.05) is 0 Å². The molecule has 0 aliphatic carbocycles. The summed E-state index contributed by atoms with van der Waals surface area (Å²) in [5.74, 6) is 0.910. The Balaban J connectivity index is 2.15. The van der Waals surface area contributed by atoms with Crippen molar-refractivity contribution in [3.8, 4) is 0 Å². The Morgan fingerprint density at radius 3 is 3.06 bits per heavy atom. The summed E-state index contributed by atoms with van der Waals surface area (Å²) in [4.78, 5) is 6.56. The maximum atomic E-state index is 4.50. The van der Waals surface area contributed by atoms with E-state index in [0.717, 1.165) is 29.2 Å². The lowest BCUT2D eigenvalue weighted by atomic mass is 10.4. The van der Waals surface area contributed by atoms with E-state index in [1.54, 1.807) is 6.20 Å². The lowest BCUT2D eigenvalue weighted by molar-refractivity contribution is 0.505. The predicted octanol–water partition coefficient (Wildman–Crippen LogP) is 1.66. The van der Waals surface area contributed by atoms with Crippen molar-refractivity contribution < 1.29 is 0 Å². The summed E-state index contributed by atoms with van der Waals surface area (Å²) < 4.78 is 2.78. The van der Waals surface area contributed by atoms with Crippen LogP contribution >= 0.6 is 15.9 Å². The quantitative estimate of drug-likeness (QED) is 0.840. The Kier molecular flexibility index (Phi) is 3.28. The van der Waals surface area contributed by atoms with E-state index in [2.05, 4.69) is 43.2 Å². The van der Waals surface area contributed by atoms with Crippen LogP contribution in [0.2, 0.25) is 0 Å². The molecule has 0 aromatic carbocycles. The van der Waals surface area contributed by atoms with Crippen LogP contribution in [0.25, 0.3) is 0 Å². The molecular formula is C10H14BrN5. The highest BCUT2D eigenvalue weighted by Crippen LogP contribution is 2.13. The van der Waals surface area contributed by atoms with E-state index in [0.29, 0.717) is 0 Å². The molecule has 2 rings (SSSR count). The number of nitrogens with one attached hydrogen (secondary N) is 1. The lowest BCUT2D eigenvalue weighted by Gasteiger charge is -2.22. The van der Waals surface area contributed by atoms with Gasteiger partial charge in [-0.05, 0) is 22.9 Å². The molecule has 0 bridgehead atoms. The molecule has 0 radical (unpaired) electrons. The van der Waals surface area contributed by atoms with E-state index in [-0.39, 0.29) is 0 Å². The second-order valence-corrected chi connectivity index (χ2v) is 4.48. The molecule has 0 unspecified atom stereocenters. The van der Waals surface area contributed by atoms with Crippen molar-refractivity contribution in [1.82, 2.24) is 20.0 Å². The van der Waals surface area contributed by atoms with Gasteiger partial charge in [0.15, 0.2) is 0 Å². The number of hydrogen-bond acceptors (Lipinski definition) is 3. The predicted molar refractivity (Wildman–Crippen MR) is 67.8 cm³/mol. The molecule has 5 nitrogen and oxygen atoms in total. The highest BCUT2D eigenvalue weighted by atomic mass is 79.9. The first-order valence-corrected chi connectivity index (χ1v) is 5.91. The molecule has 2 heterocycles. The molecule has 0 atom stereocenters. The minimum Gasteiger partial charge on any atom is -0.371 e. The molecule has 1 aliphatic heterocycles. The SMILES string of the molecule is CCn1cc(N=C2CN(C)C=C(Br)N2)cn1. The van der Waals surface area contributed by atoms with E-state index >= 15 is 0 Å². The van der Waals surface area contributed by atoms with Gasteiger partial charge in [0, 0.05) is 19.8 Å². The molecule has 0 amide bonds. The Labute approximate surface area is 103 Å². The number of amidine groups is 1. The van der Waals surface area contributed by atoms with Crippen molar-refractivity contribution in [3.63, 3.8) is 0 Å². The first-order chi connectivity index (χ1) is 7.67. The average Bonchev–Trinajstić information content (AvgIpc) is 2.64. The van der Waals surface area contributed by atoms with Gasteiger partial charge in [-0.15, -0.1) is 0 Å². The van der Waals surface area contributed by atoms with E-state index < -0.39 is 0 Å². The summed E-state index contributed by atoms with van der Waals surface area (Å²) in [5, 5.41) is 7.35. The summed E-state index contributed by atoms with van der Waals surface area (Å²) in [7, 11) is 2.01. The zero-order chi connectivity index (χ0) is 11.5. The average molecular weight is 284 g/mol. The molecule has 0 saturated heterocycles. The fourth-order valence-corrected chi connectivity index (χ4v) is 2.07. The lowest BCUT2D eigenvalue weighted by Crippen LogP contribution is -2.36. The normalized spacial score (nSPS) is 18.6. The van der Waals surface area contributed by atoms with E-state index in [1.807, 2.05) is 24.1 Å². The largest absolute Gasteiger partial charge is 0.371 e. The fourth-order valence-electron chi connectivity index (χ4n) is 1.49. The van der Waals surface area contributed by atoms with E-state index in [4.69, 9.17) is 0 Å². The number of aromatic nitrogens is 2. The van der Waals surface area contributed by atoms with Crippen molar-refractivity contribution in [2.75, 3.05) is 13.6 Å². The van der Waals surface area contributed by atoms with Crippen LogP contribution in [0.1, 0.15) is 6.92 Å². The zero-order valence-corrected chi connectivity index (χ0v) is 10.9. The van der Waals surface area contributed by atoms with Gasteiger partial charge >= 0.3 is 0 Å². The second-order valence-electron chi connectivity index (χ2n) is 3.63. The maximum absolute atomic E-state index is 4.50. The maximum Gasteiger partial charge on any atom is 0.127 e. The number of likely N-dealkylation sites (N-methyl/N-ethyl adjacent to an activating group) is 1. The first kappa shape index (κ1) is 11.2. The first-order valence-electron chi connectivity index (χ1n) is 5.12. The van der Waals surface area contributed by atoms with Crippen LogP contribution in [-0.2, 0) is 6.54 Å². The number of hydrogen-bond donors (Lipinski definition) is 1. The number of aryl methyl sites for hydroxylation is 1. The number of halogens is 1. The smallest absolute Gasteiger partial charge is 0.127 e. The molecular weight excluding hydrogens is 270 g/mol. The molecule has 16 heavy (non-hydrogen) atoms. The van der Waals surface area contributed by atoms with Crippen LogP contribution in [-0.4, -0.2) is 34.1 Å². The van der Waals surface area contributed by atoms with Crippen LogP contribution in [0.15, 0.2) is 28.2 Å². The summed E-state index contributed by atoms with van der Waals surface area (Å²) in [6, 6.07) is 0. The van der Waals surface area contributed by atoms with E-state index in [1.165, 1.54) is 0 Å². The minimum atomic E-state index is 0.770. The Morgan fingerprint density at radius 2 is 2.44 bits per heavy atom.